The average molecular weight is 341 g/mol. The Labute approximate surface area is 147 Å². The summed E-state index contributed by atoms with van der Waals surface area (Å²) < 4.78 is 11.5. The maximum atomic E-state index is 12.6. The Kier molecular flexibility index (Phi) is 5.50. The highest BCUT2D eigenvalue weighted by molar-refractivity contribution is 5.95. The van der Waals surface area contributed by atoms with Crippen molar-refractivity contribution in [3.8, 4) is 11.5 Å². The summed E-state index contributed by atoms with van der Waals surface area (Å²) in [5, 5.41) is 0. The Bertz CT molecular complexity index is 721. The Morgan fingerprint density at radius 3 is 2.72 bits per heavy atom. The Morgan fingerprint density at radius 1 is 1.24 bits per heavy atom. The van der Waals surface area contributed by atoms with Crippen LogP contribution in [0.2, 0.25) is 0 Å². The van der Waals surface area contributed by atoms with Crippen LogP contribution >= 0.6 is 0 Å². The molecule has 6 heteroatoms. The van der Waals surface area contributed by atoms with Crippen molar-refractivity contribution in [2.75, 3.05) is 19.7 Å². The lowest BCUT2D eigenvalue weighted by atomic mass is 10.1. The van der Waals surface area contributed by atoms with E-state index >= 15 is 0 Å². The predicted octanol–water partition coefficient (Wildman–Crippen LogP) is 2.23. The van der Waals surface area contributed by atoms with E-state index in [-0.39, 0.29) is 11.9 Å². The summed E-state index contributed by atoms with van der Waals surface area (Å²) in [5.41, 5.74) is 7.50. The zero-order chi connectivity index (χ0) is 17.6. The molecule has 1 amide bonds. The Balaban J connectivity index is 1.74. The van der Waals surface area contributed by atoms with Crippen molar-refractivity contribution in [3.63, 3.8) is 0 Å². The summed E-state index contributed by atoms with van der Waals surface area (Å²) in [5.74, 6) is 1.17. The van der Waals surface area contributed by atoms with Crippen LogP contribution in [-0.2, 0) is 6.61 Å². The molecule has 0 aliphatic carbocycles. The number of likely N-dealkylation sites (tertiary alicyclic amines) is 1. The van der Waals surface area contributed by atoms with E-state index in [1.165, 1.54) is 0 Å². The molecule has 1 unspecified atom stereocenters. The van der Waals surface area contributed by atoms with Crippen molar-refractivity contribution < 1.29 is 14.3 Å². The largest absolute Gasteiger partial charge is 0.490 e. The van der Waals surface area contributed by atoms with Crippen LogP contribution < -0.4 is 15.2 Å². The van der Waals surface area contributed by atoms with Gasteiger partial charge in [0.25, 0.3) is 5.91 Å². The highest BCUT2D eigenvalue weighted by Gasteiger charge is 2.25. The topological polar surface area (TPSA) is 77.7 Å². The van der Waals surface area contributed by atoms with Crippen LogP contribution in [-0.4, -0.2) is 41.5 Å². The van der Waals surface area contributed by atoms with E-state index in [0.29, 0.717) is 43.4 Å². The molecule has 1 fully saturated rings. The lowest BCUT2D eigenvalue weighted by Gasteiger charge is -2.18. The molecule has 1 saturated heterocycles. The molecule has 0 saturated carbocycles. The first-order valence-corrected chi connectivity index (χ1v) is 8.50. The molecule has 2 aromatic rings. The van der Waals surface area contributed by atoms with Crippen molar-refractivity contribution in [1.29, 1.82) is 0 Å². The molecule has 0 radical (unpaired) electrons. The fourth-order valence-electron chi connectivity index (χ4n) is 2.82. The number of rotatable bonds is 6. The predicted molar refractivity (Wildman–Crippen MR) is 94.7 cm³/mol. The molecule has 2 N–H and O–H groups in total. The molecule has 0 spiro atoms. The van der Waals surface area contributed by atoms with E-state index in [1.54, 1.807) is 35.5 Å². The van der Waals surface area contributed by atoms with Crippen LogP contribution in [0.15, 0.2) is 42.7 Å². The van der Waals surface area contributed by atoms with Crippen molar-refractivity contribution in [3.05, 3.63) is 53.9 Å². The van der Waals surface area contributed by atoms with Gasteiger partial charge in [0.15, 0.2) is 11.5 Å². The Hall–Kier alpha value is -2.60. The molecular formula is C19H23N3O3. The van der Waals surface area contributed by atoms with Gasteiger partial charge in [0, 0.05) is 37.1 Å². The second-order valence-electron chi connectivity index (χ2n) is 6.04. The van der Waals surface area contributed by atoms with Crippen LogP contribution in [0.3, 0.4) is 0 Å². The Morgan fingerprint density at radius 2 is 2.04 bits per heavy atom. The summed E-state index contributed by atoms with van der Waals surface area (Å²) in [6, 6.07) is 9.17. The van der Waals surface area contributed by atoms with Gasteiger partial charge in [0.05, 0.1) is 6.61 Å². The number of aromatic nitrogens is 1. The van der Waals surface area contributed by atoms with E-state index in [0.717, 1.165) is 12.0 Å². The highest BCUT2D eigenvalue weighted by atomic mass is 16.5. The lowest BCUT2D eigenvalue weighted by molar-refractivity contribution is 0.0790. The zero-order valence-corrected chi connectivity index (χ0v) is 14.4. The zero-order valence-electron chi connectivity index (χ0n) is 14.4. The van der Waals surface area contributed by atoms with Crippen LogP contribution in [0.1, 0.15) is 29.3 Å². The summed E-state index contributed by atoms with van der Waals surface area (Å²) in [6.07, 6.45) is 4.30. The standard InChI is InChI=1S/C19H23N3O3/c1-2-24-18-11-15(19(23)22-10-7-16(20)12-22)3-4-17(18)25-13-14-5-8-21-9-6-14/h3-6,8-9,11,16H,2,7,10,12-13,20H2,1H3. The van der Waals surface area contributed by atoms with Crippen LogP contribution in [0.25, 0.3) is 0 Å². The number of pyridine rings is 1. The van der Waals surface area contributed by atoms with Crippen LogP contribution in [0, 0.1) is 0 Å². The molecule has 1 aliphatic rings. The van der Waals surface area contributed by atoms with Gasteiger partial charge < -0.3 is 20.1 Å². The first-order valence-electron chi connectivity index (χ1n) is 8.50. The van der Waals surface area contributed by atoms with E-state index in [9.17, 15) is 4.79 Å². The monoisotopic (exact) mass is 341 g/mol. The van der Waals surface area contributed by atoms with Gasteiger partial charge in [-0.05, 0) is 49.2 Å². The van der Waals surface area contributed by atoms with Crippen molar-refractivity contribution in [1.82, 2.24) is 9.88 Å². The minimum Gasteiger partial charge on any atom is -0.490 e. The second-order valence-corrected chi connectivity index (χ2v) is 6.04. The van der Waals surface area contributed by atoms with Gasteiger partial charge in [0.1, 0.15) is 6.61 Å². The molecule has 3 rings (SSSR count). The van der Waals surface area contributed by atoms with Crippen molar-refractivity contribution >= 4 is 5.91 Å². The fraction of sp³-hybridized carbons (Fsp3) is 0.368. The minimum atomic E-state index is -0.0189. The molecule has 132 valence electrons. The molecule has 1 aliphatic heterocycles. The number of hydrogen-bond acceptors (Lipinski definition) is 5. The summed E-state index contributed by atoms with van der Waals surface area (Å²) in [4.78, 5) is 18.4. The third-order valence-electron chi connectivity index (χ3n) is 4.15. The number of nitrogens with two attached hydrogens (primary N) is 1. The summed E-state index contributed by atoms with van der Waals surface area (Å²) >= 11 is 0. The van der Waals surface area contributed by atoms with Gasteiger partial charge in [-0.25, -0.2) is 0 Å². The van der Waals surface area contributed by atoms with E-state index in [4.69, 9.17) is 15.2 Å². The number of amides is 1. The van der Waals surface area contributed by atoms with E-state index in [2.05, 4.69) is 4.98 Å². The van der Waals surface area contributed by atoms with Gasteiger partial charge >= 0.3 is 0 Å². The number of carbonyl (C=O) groups excluding carboxylic acids is 1. The summed E-state index contributed by atoms with van der Waals surface area (Å²) in [7, 11) is 0. The number of carbonyl (C=O) groups is 1. The number of hydrogen-bond donors (Lipinski definition) is 1. The molecule has 6 nitrogen and oxygen atoms in total. The lowest BCUT2D eigenvalue weighted by Crippen LogP contribution is -2.31. The average Bonchev–Trinajstić information content (AvgIpc) is 3.07. The molecular weight excluding hydrogens is 318 g/mol. The molecule has 1 aromatic heterocycles. The van der Waals surface area contributed by atoms with Gasteiger partial charge in [0.2, 0.25) is 0 Å². The maximum absolute atomic E-state index is 12.6. The number of ether oxygens (including phenoxy) is 2. The second kappa shape index (κ2) is 7.98. The molecule has 1 aromatic carbocycles. The number of benzene rings is 1. The third kappa shape index (κ3) is 4.28. The molecule has 25 heavy (non-hydrogen) atoms. The van der Waals surface area contributed by atoms with Gasteiger partial charge in [-0.2, -0.15) is 0 Å². The maximum Gasteiger partial charge on any atom is 0.254 e. The van der Waals surface area contributed by atoms with Gasteiger partial charge in [-0.15, -0.1) is 0 Å². The molecule has 2 heterocycles. The SMILES string of the molecule is CCOc1cc(C(=O)N2CCC(N)C2)ccc1OCc1ccncc1. The first kappa shape index (κ1) is 17.2. The first-order chi connectivity index (χ1) is 12.2. The van der Waals surface area contributed by atoms with Gasteiger partial charge in [-0.3, -0.25) is 9.78 Å². The van der Waals surface area contributed by atoms with E-state index < -0.39 is 0 Å². The van der Waals surface area contributed by atoms with Crippen LogP contribution in [0.4, 0.5) is 0 Å². The molecule has 1 atom stereocenters. The normalized spacial score (nSPS) is 16.7. The van der Waals surface area contributed by atoms with Crippen molar-refractivity contribution in [2.45, 2.75) is 26.0 Å². The minimum absolute atomic E-state index is 0.0189. The molecule has 0 bridgehead atoms. The third-order valence-corrected chi connectivity index (χ3v) is 4.15. The quantitative estimate of drug-likeness (QED) is 0.872. The van der Waals surface area contributed by atoms with E-state index in [1.807, 2.05) is 19.1 Å². The van der Waals surface area contributed by atoms with Crippen molar-refractivity contribution in [2.24, 2.45) is 5.73 Å². The van der Waals surface area contributed by atoms with Crippen LogP contribution in [0.5, 0.6) is 11.5 Å². The smallest absolute Gasteiger partial charge is 0.254 e. The highest BCUT2D eigenvalue weighted by Crippen LogP contribution is 2.30. The summed E-state index contributed by atoms with van der Waals surface area (Å²) in [6.45, 7) is 4.11. The fourth-order valence-corrected chi connectivity index (χ4v) is 2.82. The number of nitrogens with zero attached hydrogens (tertiary/aromatic N) is 2. The van der Waals surface area contributed by atoms with Gasteiger partial charge in [-0.1, -0.05) is 0 Å².